The minimum absolute atomic E-state index is 0.342. The van der Waals surface area contributed by atoms with E-state index in [1.165, 1.54) is 18.4 Å². The van der Waals surface area contributed by atoms with Crippen molar-refractivity contribution in [3.63, 3.8) is 0 Å². The van der Waals surface area contributed by atoms with Gasteiger partial charge >= 0.3 is 0 Å². The fraction of sp³-hybridized carbons (Fsp3) is 0.529. The highest BCUT2D eigenvalue weighted by atomic mass is 16.5. The molecule has 1 aliphatic heterocycles. The van der Waals surface area contributed by atoms with Crippen LogP contribution < -0.4 is 0 Å². The van der Waals surface area contributed by atoms with Gasteiger partial charge in [-0.1, -0.05) is 6.07 Å². The Morgan fingerprint density at radius 3 is 3.05 bits per heavy atom. The number of hydrogen-bond acceptors (Lipinski definition) is 4. The molecule has 0 aromatic carbocycles. The molecule has 2 fully saturated rings. The minimum Gasteiger partial charge on any atom is -0.375 e. The lowest BCUT2D eigenvalue weighted by Gasteiger charge is -2.39. The summed E-state index contributed by atoms with van der Waals surface area (Å²) in [7, 11) is 0. The van der Waals surface area contributed by atoms with Gasteiger partial charge in [0, 0.05) is 56.4 Å². The van der Waals surface area contributed by atoms with E-state index in [2.05, 4.69) is 21.0 Å². The van der Waals surface area contributed by atoms with Gasteiger partial charge in [0.1, 0.15) is 0 Å². The number of aromatic nitrogens is 3. The molecule has 3 heterocycles. The smallest absolute Gasteiger partial charge is 0.0776 e. The molecule has 5 nitrogen and oxygen atoms in total. The molecule has 1 saturated heterocycles. The molecule has 22 heavy (non-hydrogen) atoms. The van der Waals surface area contributed by atoms with Crippen molar-refractivity contribution in [3.8, 4) is 0 Å². The molecule has 0 radical (unpaired) electrons. The van der Waals surface area contributed by atoms with Gasteiger partial charge in [0.15, 0.2) is 0 Å². The van der Waals surface area contributed by atoms with E-state index in [1.807, 2.05) is 41.6 Å². The molecule has 1 aliphatic carbocycles. The number of fused-ring (bicyclic) bond motifs is 1. The monoisotopic (exact) mass is 298 g/mol. The number of rotatable bonds is 4. The van der Waals surface area contributed by atoms with Gasteiger partial charge in [-0.2, -0.15) is 5.10 Å². The number of nitrogens with zero attached hydrogens (tertiary/aromatic N) is 4. The van der Waals surface area contributed by atoms with Gasteiger partial charge in [0.2, 0.25) is 0 Å². The SMILES string of the molecule is c1cncc(CN2CCO[C@H]3C(Cn4cccn4)CC[C@@H]32)c1. The Morgan fingerprint density at radius 2 is 2.23 bits per heavy atom. The van der Waals surface area contributed by atoms with Crippen LogP contribution in [0.2, 0.25) is 0 Å². The van der Waals surface area contributed by atoms with Crippen LogP contribution in [0.1, 0.15) is 18.4 Å². The van der Waals surface area contributed by atoms with E-state index in [0.29, 0.717) is 18.1 Å². The zero-order valence-corrected chi connectivity index (χ0v) is 12.7. The molecule has 1 unspecified atom stereocenters. The van der Waals surface area contributed by atoms with Crippen LogP contribution in [0.25, 0.3) is 0 Å². The number of morpholine rings is 1. The van der Waals surface area contributed by atoms with Gasteiger partial charge in [-0.05, 0) is 30.5 Å². The van der Waals surface area contributed by atoms with Crippen LogP contribution in [0.15, 0.2) is 43.0 Å². The molecule has 5 heteroatoms. The summed E-state index contributed by atoms with van der Waals surface area (Å²) < 4.78 is 8.17. The third-order valence-electron chi connectivity index (χ3n) is 4.92. The quantitative estimate of drug-likeness (QED) is 0.865. The van der Waals surface area contributed by atoms with E-state index < -0.39 is 0 Å². The van der Waals surface area contributed by atoms with E-state index in [4.69, 9.17) is 4.74 Å². The highest BCUT2D eigenvalue weighted by Gasteiger charge is 2.42. The van der Waals surface area contributed by atoms with E-state index in [-0.39, 0.29) is 0 Å². The molecular weight excluding hydrogens is 276 g/mol. The van der Waals surface area contributed by atoms with Crippen molar-refractivity contribution in [1.29, 1.82) is 0 Å². The van der Waals surface area contributed by atoms with Crippen molar-refractivity contribution in [2.45, 2.75) is 38.1 Å². The second kappa shape index (κ2) is 6.18. The molecule has 0 bridgehead atoms. The van der Waals surface area contributed by atoms with Gasteiger partial charge in [0.05, 0.1) is 12.7 Å². The average molecular weight is 298 g/mol. The predicted molar refractivity (Wildman–Crippen MR) is 83.1 cm³/mol. The topological polar surface area (TPSA) is 43.2 Å². The van der Waals surface area contributed by atoms with Crippen LogP contribution in [-0.4, -0.2) is 45.0 Å². The third kappa shape index (κ3) is 2.78. The Kier molecular flexibility index (Phi) is 3.91. The summed E-state index contributed by atoms with van der Waals surface area (Å²) in [5.74, 6) is 0.571. The molecule has 0 N–H and O–H groups in total. The second-order valence-electron chi connectivity index (χ2n) is 6.30. The first-order valence-corrected chi connectivity index (χ1v) is 8.12. The Morgan fingerprint density at radius 1 is 1.23 bits per heavy atom. The van der Waals surface area contributed by atoms with Crippen LogP contribution in [0, 0.1) is 5.92 Å². The third-order valence-corrected chi connectivity index (χ3v) is 4.92. The first kappa shape index (κ1) is 13.9. The van der Waals surface area contributed by atoms with Gasteiger partial charge in [-0.25, -0.2) is 0 Å². The molecule has 0 amide bonds. The highest BCUT2D eigenvalue weighted by molar-refractivity contribution is 5.09. The summed E-state index contributed by atoms with van der Waals surface area (Å²) in [6.07, 6.45) is 10.5. The van der Waals surface area contributed by atoms with E-state index in [9.17, 15) is 0 Å². The van der Waals surface area contributed by atoms with Gasteiger partial charge in [-0.3, -0.25) is 14.6 Å². The lowest BCUT2D eigenvalue weighted by atomic mass is 10.0. The molecule has 116 valence electrons. The summed E-state index contributed by atoms with van der Waals surface area (Å²) in [5, 5.41) is 4.34. The lowest BCUT2D eigenvalue weighted by Crippen LogP contribution is -2.50. The first-order valence-electron chi connectivity index (χ1n) is 8.12. The molecule has 1 saturated carbocycles. The molecule has 0 spiro atoms. The summed E-state index contributed by atoms with van der Waals surface area (Å²) in [4.78, 5) is 6.81. The summed E-state index contributed by atoms with van der Waals surface area (Å²) in [5.41, 5.74) is 1.29. The molecule has 2 aromatic rings. The Labute approximate surface area is 130 Å². The van der Waals surface area contributed by atoms with Crippen molar-refractivity contribution in [1.82, 2.24) is 19.7 Å². The van der Waals surface area contributed by atoms with Gasteiger partial charge < -0.3 is 4.74 Å². The maximum absolute atomic E-state index is 6.13. The van der Waals surface area contributed by atoms with E-state index in [1.54, 1.807) is 0 Å². The minimum atomic E-state index is 0.342. The van der Waals surface area contributed by atoms with Gasteiger partial charge in [-0.15, -0.1) is 0 Å². The fourth-order valence-electron chi connectivity index (χ4n) is 3.90. The summed E-state index contributed by atoms with van der Waals surface area (Å²) in [6, 6.07) is 6.70. The fourth-order valence-corrected chi connectivity index (χ4v) is 3.90. The van der Waals surface area contributed by atoms with E-state index in [0.717, 1.165) is 26.2 Å². The summed E-state index contributed by atoms with van der Waals surface area (Å²) in [6.45, 7) is 3.79. The Hall–Kier alpha value is -1.72. The standard InChI is InChI=1S/C17H22N4O/c1-3-14(11-18-6-1)12-20-9-10-22-17-15(4-5-16(17)20)13-21-8-2-7-19-21/h1-3,6-8,11,15-17H,4-5,9-10,12-13H2/t15?,16-,17-/m0/s1. The second-order valence-corrected chi connectivity index (χ2v) is 6.30. The zero-order chi connectivity index (χ0) is 14.8. The summed E-state index contributed by atoms with van der Waals surface area (Å²) >= 11 is 0. The van der Waals surface area contributed by atoms with E-state index >= 15 is 0 Å². The first-order chi connectivity index (χ1) is 10.9. The highest BCUT2D eigenvalue weighted by Crippen LogP contribution is 2.36. The molecule has 4 rings (SSSR count). The van der Waals surface area contributed by atoms with Crippen molar-refractivity contribution in [3.05, 3.63) is 48.5 Å². The molecule has 2 aliphatic rings. The van der Waals surface area contributed by atoms with Crippen LogP contribution in [0.3, 0.4) is 0 Å². The van der Waals surface area contributed by atoms with Crippen LogP contribution >= 0.6 is 0 Å². The van der Waals surface area contributed by atoms with Crippen molar-refractivity contribution >= 4 is 0 Å². The predicted octanol–water partition coefficient (Wildman–Crippen LogP) is 1.96. The zero-order valence-electron chi connectivity index (χ0n) is 12.7. The largest absolute Gasteiger partial charge is 0.375 e. The lowest BCUT2D eigenvalue weighted by molar-refractivity contribution is -0.0790. The van der Waals surface area contributed by atoms with Gasteiger partial charge in [0.25, 0.3) is 0 Å². The molecular formula is C17H22N4O. The van der Waals surface area contributed by atoms with Crippen LogP contribution in [-0.2, 0) is 17.8 Å². The normalized spacial score (nSPS) is 28.6. The molecule has 3 atom stereocenters. The van der Waals surface area contributed by atoms with Crippen molar-refractivity contribution < 1.29 is 4.74 Å². The van der Waals surface area contributed by atoms with Crippen molar-refractivity contribution in [2.24, 2.45) is 5.92 Å². The maximum atomic E-state index is 6.13. The molecule has 2 aromatic heterocycles. The van der Waals surface area contributed by atoms with Crippen LogP contribution in [0.4, 0.5) is 0 Å². The average Bonchev–Trinajstić information content (AvgIpc) is 3.20. The maximum Gasteiger partial charge on any atom is 0.0776 e. The number of ether oxygens (including phenoxy) is 1. The Balaban J connectivity index is 1.44. The number of pyridine rings is 1. The van der Waals surface area contributed by atoms with Crippen molar-refractivity contribution in [2.75, 3.05) is 13.2 Å². The van der Waals surface area contributed by atoms with Crippen LogP contribution in [0.5, 0.6) is 0 Å². The number of hydrogen-bond donors (Lipinski definition) is 0. The Bertz CT molecular complexity index is 586.